The molecule has 1 N–H and O–H groups in total. The minimum Gasteiger partial charge on any atom is -0.335 e. The summed E-state index contributed by atoms with van der Waals surface area (Å²) in [4.78, 5) is 29.0. The quantitative estimate of drug-likeness (QED) is 0.659. The Labute approximate surface area is 198 Å². The van der Waals surface area contributed by atoms with Crippen LogP contribution in [0.15, 0.2) is 47.4 Å². The Kier molecular flexibility index (Phi) is 7.82. The lowest BCUT2D eigenvalue weighted by molar-refractivity contribution is 0.0535. The molecule has 1 saturated heterocycles. The number of carbonyl (C=O) groups is 2. The van der Waals surface area contributed by atoms with Crippen LogP contribution < -0.4 is 4.72 Å². The summed E-state index contributed by atoms with van der Waals surface area (Å²) in [5, 5.41) is 0.534. The van der Waals surface area contributed by atoms with Crippen molar-refractivity contribution in [3.63, 3.8) is 0 Å². The first-order valence-corrected chi connectivity index (χ1v) is 12.5. The topological polar surface area (TPSA) is 86.8 Å². The number of rotatable bonds is 6. The van der Waals surface area contributed by atoms with Gasteiger partial charge in [0.1, 0.15) is 0 Å². The second-order valence-corrected chi connectivity index (χ2v) is 10.1. The second-order valence-electron chi connectivity index (χ2n) is 7.64. The van der Waals surface area contributed by atoms with E-state index < -0.39 is 10.0 Å². The monoisotopic (exact) mass is 497 g/mol. The first kappa shape index (κ1) is 24.5. The molecule has 32 heavy (non-hydrogen) atoms. The molecule has 0 spiro atoms. The Hall–Kier alpha value is -2.13. The van der Waals surface area contributed by atoms with Gasteiger partial charge in [-0.1, -0.05) is 36.2 Å². The Balaban J connectivity index is 1.63. The molecular weight excluding hydrogens is 473 g/mol. The Bertz CT molecular complexity index is 1100. The fourth-order valence-electron chi connectivity index (χ4n) is 3.33. The molecule has 2 aromatic rings. The number of hydrogen-bond acceptors (Lipinski definition) is 4. The molecule has 2 aromatic carbocycles. The van der Waals surface area contributed by atoms with Gasteiger partial charge in [0, 0.05) is 37.8 Å². The van der Waals surface area contributed by atoms with Gasteiger partial charge in [-0.3, -0.25) is 9.59 Å². The van der Waals surface area contributed by atoms with E-state index >= 15 is 0 Å². The summed E-state index contributed by atoms with van der Waals surface area (Å²) < 4.78 is 27.4. The second kappa shape index (κ2) is 10.2. The molecule has 0 radical (unpaired) electrons. The van der Waals surface area contributed by atoms with Crippen molar-refractivity contribution in [2.75, 3.05) is 26.2 Å². The van der Waals surface area contributed by atoms with E-state index in [1.807, 2.05) is 6.92 Å². The number of piperazine rings is 1. The van der Waals surface area contributed by atoms with Gasteiger partial charge in [0.15, 0.2) is 0 Å². The highest BCUT2D eigenvalue weighted by Crippen LogP contribution is 2.27. The van der Waals surface area contributed by atoms with Crippen molar-refractivity contribution in [1.29, 1.82) is 0 Å². The summed E-state index contributed by atoms with van der Waals surface area (Å²) in [5.41, 5.74) is 0.729. The zero-order chi connectivity index (χ0) is 23.5. The number of hydrogen-bond donors (Lipinski definition) is 1. The smallest absolute Gasteiger partial charge is 0.255 e. The third kappa shape index (κ3) is 5.43. The molecule has 3 rings (SSSR count). The van der Waals surface area contributed by atoms with E-state index in [1.165, 1.54) is 24.3 Å². The third-order valence-electron chi connectivity index (χ3n) is 5.42. The predicted octanol–water partition coefficient (Wildman–Crippen LogP) is 3.67. The summed E-state index contributed by atoms with van der Waals surface area (Å²) in [6.45, 7) is 5.13. The molecule has 0 aromatic heterocycles. The van der Waals surface area contributed by atoms with Crippen molar-refractivity contribution in [2.24, 2.45) is 0 Å². The van der Waals surface area contributed by atoms with Gasteiger partial charge in [-0.2, -0.15) is 0 Å². The van der Waals surface area contributed by atoms with Crippen LogP contribution in [-0.4, -0.2) is 62.3 Å². The van der Waals surface area contributed by atoms with Crippen LogP contribution >= 0.6 is 23.2 Å². The number of sulfonamides is 1. The maximum absolute atomic E-state index is 12.8. The Morgan fingerprint density at radius 3 is 2.09 bits per heavy atom. The number of amides is 2. The summed E-state index contributed by atoms with van der Waals surface area (Å²) in [7, 11) is -3.63. The van der Waals surface area contributed by atoms with Crippen molar-refractivity contribution in [2.45, 2.75) is 31.2 Å². The van der Waals surface area contributed by atoms with Crippen LogP contribution in [0.1, 0.15) is 41.0 Å². The fraction of sp³-hybridized carbons (Fsp3) is 0.364. The lowest BCUT2D eigenvalue weighted by Crippen LogP contribution is -2.50. The van der Waals surface area contributed by atoms with E-state index in [0.717, 1.165) is 0 Å². The number of halogens is 2. The van der Waals surface area contributed by atoms with Gasteiger partial charge in [0.25, 0.3) is 11.8 Å². The van der Waals surface area contributed by atoms with Crippen molar-refractivity contribution < 1.29 is 18.0 Å². The number of nitrogens with one attached hydrogen (secondary N) is 1. The average molecular weight is 498 g/mol. The van der Waals surface area contributed by atoms with Gasteiger partial charge < -0.3 is 9.80 Å². The Morgan fingerprint density at radius 2 is 1.53 bits per heavy atom. The van der Waals surface area contributed by atoms with Crippen molar-refractivity contribution in [3.05, 3.63) is 63.6 Å². The molecule has 1 aliphatic heterocycles. The summed E-state index contributed by atoms with van der Waals surface area (Å²) in [6, 6.07) is 10.6. The van der Waals surface area contributed by atoms with Crippen LogP contribution in [0.25, 0.3) is 0 Å². The van der Waals surface area contributed by atoms with E-state index in [9.17, 15) is 18.0 Å². The van der Waals surface area contributed by atoms with Crippen molar-refractivity contribution in [3.8, 4) is 0 Å². The van der Waals surface area contributed by atoms with Crippen LogP contribution in [0.3, 0.4) is 0 Å². The predicted molar refractivity (Wildman–Crippen MR) is 125 cm³/mol. The molecule has 172 valence electrons. The van der Waals surface area contributed by atoms with E-state index in [4.69, 9.17) is 23.2 Å². The van der Waals surface area contributed by atoms with Gasteiger partial charge in [0.2, 0.25) is 10.0 Å². The molecule has 0 saturated carbocycles. The third-order valence-corrected chi connectivity index (χ3v) is 7.84. The SMILES string of the molecule is CCC(C)NS(=O)(=O)c1ccc(C(=O)N2CCN(C(=O)c3cccc(Cl)c3Cl)CC2)cc1. The van der Waals surface area contributed by atoms with Gasteiger partial charge in [0.05, 0.1) is 20.5 Å². The Morgan fingerprint density at radius 1 is 0.969 bits per heavy atom. The average Bonchev–Trinajstić information content (AvgIpc) is 2.80. The molecule has 2 amide bonds. The first-order valence-electron chi connectivity index (χ1n) is 10.3. The highest BCUT2D eigenvalue weighted by Gasteiger charge is 2.27. The molecule has 0 aliphatic carbocycles. The van der Waals surface area contributed by atoms with Crippen molar-refractivity contribution in [1.82, 2.24) is 14.5 Å². The number of nitrogens with zero attached hydrogens (tertiary/aromatic N) is 2. The van der Waals surface area contributed by atoms with Crippen molar-refractivity contribution >= 4 is 45.0 Å². The number of carbonyl (C=O) groups excluding carboxylic acids is 2. The van der Waals surface area contributed by atoms with Gasteiger partial charge in [-0.05, 0) is 49.7 Å². The normalized spacial score (nSPS) is 15.5. The lowest BCUT2D eigenvalue weighted by Gasteiger charge is -2.35. The molecule has 10 heteroatoms. The summed E-state index contributed by atoms with van der Waals surface area (Å²) >= 11 is 12.2. The van der Waals surface area contributed by atoms with Crippen LogP contribution in [0.5, 0.6) is 0 Å². The zero-order valence-corrected chi connectivity index (χ0v) is 20.2. The first-order chi connectivity index (χ1) is 15.1. The lowest BCUT2D eigenvalue weighted by atomic mass is 10.1. The summed E-state index contributed by atoms with van der Waals surface area (Å²) in [6.07, 6.45) is 0.674. The van der Waals surface area contributed by atoms with E-state index in [0.29, 0.717) is 48.7 Å². The number of benzene rings is 2. The minimum atomic E-state index is -3.63. The fourth-order valence-corrected chi connectivity index (χ4v) is 5.04. The standard InChI is InChI=1S/C22H25Cl2N3O4S/c1-3-15(2)25-32(30,31)17-9-7-16(8-10-17)21(28)26-11-13-27(14-12-26)22(29)18-5-4-6-19(23)20(18)24/h4-10,15,25H,3,11-14H2,1-2H3. The molecule has 0 bridgehead atoms. The molecule has 1 heterocycles. The largest absolute Gasteiger partial charge is 0.335 e. The van der Waals surface area contributed by atoms with E-state index in [1.54, 1.807) is 34.9 Å². The molecular formula is C22H25Cl2N3O4S. The molecule has 1 unspecified atom stereocenters. The van der Waals surface area contributed by atoms with Crippen LogP contribution in [0, 0.1) is 0 Å². The van der Waals surface area contributed by atoms with Gasteiger partial charge in [-0.15, -0.1) is 0 Å². The van der Waals surface area contributed by atoms with Crippen LogP contribution in [0.2, 0.25) is 10.0 Å². The molecule has 1 aliphatic rings. The minimum absolute atomic E-state index is 0.114. The van der Waals surface area contributed by atoms with E-state index in [2.05, 4.69) is 4.72 Å². The van der Waals surface area contributed by atoms with Gasteiger partial charge in [-0.25, -0.2) is 13.1 Å². The molecule has 1 fully saturated rings. The van der Waals surface area contributed by atoms with Gasteiger partial charge >= 0.3 is 0 Å². The highest BCUT2D eigenvalue weighted by molar-refractivity contribution is 7.89. The molecule has 7 nitrogen and oxygen atoms in total. The maximum Gasteiger partial charge on any atom is 0.255 e. The van der Waals surface area contributed by atoms with Crippen LogP contribution in [-0.2, 0) is 10.0 Å². The van der Waals surface area contributed by atoms with E-state index in [-0.39, 0.29) is 27.8 Å². The maximum atomic E-state index is 12.8. The highest BCUT2D eigenvalue weighted by atomic mass is 35.5. The zero-order valence-electron chi connectivity index (χ0n) is 17.8. The van der Waals surface area contributed by atoms with Crippen LogP contribution in [0.4, 0.5) is 0 Å². The summed E-state index contributed by atoms with van der Waals surface area (Å²) in [5.74, 6) is -0.440. The molecule has 1 atom stereocenters.